The second kappa shape index (κ2) is 6.76. The molecule has 2 amide bonds. The fraction of sp³-hybridized carbons (Fsp3) is 0.158. The monoisotopic (exact) mass is 339 g/mol. The first kappa shape index (κ1) is 16.7. The number of aromatic amines is 1. The molecule has 1 heterocycles. The van der Waals surface area contributed by atoms with Gasteiger partial charge in [0.25, 0.3) is 0 Å². The summed E-state index contributed by atoms with van der Waals surface area (Å²) in [6.07, 6.45) is 0.0197. The number of halogens is 1. The van der Waals surface area contributed by atoms with Gasteiger partial charge < -0.3 is 16.0 Å². The van der Waals surface area contributed by atoms with Crippen molar-refractivity contribution in [2.24, 2.45) is 5.73 Å². The number of H-pyrrole nitrogens is 1. The summed E-state index contributed by atoms with van der Waals surface area (Å²) in [4.78, 5) is 27.3. The topological polar surface area (TPSA) is 88.0 Å². The van der Waals surface area contributed by atoms with E-state index in [0.717, 1.165) is 11.2 Å². The molecule has 0 spiro atoms. The highest BCUT2D eigenvalue weighted by molar-refractivity contribution is 5.92. The van der Waals surface area contributed by atoms with Crippen molar-refractivity contribution in [2.45, 2.75) is 19.4 Å². The van der Waals surface area contributed by atoms with Crippen LogP contribution in [0.3, 0.4) is 0 Å². The average Bonchev–Trinajstić information content (AvgIpc) is 2.88. The Balaban J connectivity index is 1.84. The molecule has 0 saturated heterocycles. The van der Waals surface area contributed by atoms with Crippen LogP contribution in [0.5, 0.6) is 0 Å². The summed E-state index contributed by atoms with van der Waals surface area (Å²) < 4.78 is 13.5. The van der Waals surface area contributed by atoms with Gasteiger partial charge in [-0.15, -0.1) is 0 Å². The Morgan fingerprint density at radius 2 is 1.92 bits per heavy atom. The molecule has 0 saturated carbocycles. The molecule has 1 unspecified atom stereocenters. The number of rotatable bonds is 5. The van der Waals surface area contributed by atoms with Gasteiger partial charge in [-0.1, -0.05) is 30.3 Å². The number of carbonyl (C=O) groups excluding carboxylic acids is 2. The van der Waals surface area contributed by atoms with Crippen molar-refractivity contribution in [3.63, 3.8) is 0 Å². The molecular weight excluding hydrogens is 321 g/mol. The minimum absolute atomic E-state index is 0.0197. The average molecular weight is 339 g/mol. The SMILES string of the molecule is Cc1[nH]c2ccc(F)cc2c1CC(=O)NC(C(N)=O)c1ccccc1. The predicted octanol–water partition coefficient (Wildman–Crippen LogP) is 2.50. The van der Waals surface area contributed by atoms with Crippen LogP contribution in [0.15, 0.2) is 48.5 Å². The molecule has 3 aromatic rings. The summed E-state index contributed by atoms with van der Waals surface area (Å²) in [5.41, 5.74) is 8.28. The maximum absolute atomic E-state index is 13.5. The van der Waals surface area contributed by atoms with Crippen LogP contribution in [-0.2, 0) is 16.0 Å². The van der Waals surface area contributed by atoms with E-state index < -0.39 is 11.9 Å². The minimum Gasteiger partial charge on any atom is -0.368 e. The van der Waals surface area contributed by atoms with E-state index >= 15 is 0 Å². The van der Waals surface area contributed by atoms with E-state index in [1.54, 1.807) is 30.3 Å². The van der Waals surface area contributed by atoms with Gasteiger partial charge in [0.15, 0.2) is 0 Å². The molecule has 3 rings (SSSR count). The van der Waals surface area contributed by atoms with E-state index in [4.69, 9.17) is 5.73 Å². The van der Waals surface area contributed by atoms with Gasteiger partial charge in [0, 0.05) is 16.6 Å². The third-order valence-corrected chi connectivity index (χ3v) is 4.14. The molecule has 0 bridgehead atoms. The summed E-state index contributed by atoms with van der Waals surface area (Å²) in [6, 6.07) is 12.3. The molecule has 1 aromatic heterocycles. The van der Waals surface area contributed by atoms with Crippen molar-refractivity contribution < 1.29 is 14.0 Å². The highest BCUT2D eigenvalue weighted by atomic mass is 19.1. The fourth-order valence-electron chi connectivity index (χ4n) is 2.92. The van der Waals surface area contributed by atoms with Crippen LogP contribution >= 0.6 is 0 Å². The molecule has 4 N–H and O–H groups in total. The smallest absolute Gasteiger partial charge is 0.244 e. The van der Waals surface area contributed by atoms with Gasteiger partial charge in [0.05, 0.1) is 6.42 Å². The standard InChI is InChI=1S/C19H18FN3O2/c1-11-14(15-9-13(20)7-8-16(15)22-11)10-17(24)23-18(19(21)25)12-5-3-2-4-6-12/h2-9,18,22H,10H2,1H3,(H2,21,25)(H,23,24). The molecule has 0 fully saturated rings. The quantitative estimate of drug-likeness (QED) is 0.667. The van der Waals surface area contributed by atoms with Gasteiger partial charge in [-0.3, -0.25) is 9.59 Å². The van der Waals surface area contributed by atoms with E-state index in [1.807, 2.05) is 13.0 Å². The Bertz CT molecular complexity index is 934. The van der Waals surface area contributed by atoms with Crippen molar-refractivity contribution in [2.75, 3.05) is 0 Å². The van der Waals surface area contributed by atoms with Gasteiger partial charge in [0.1, 0.15) is 11.9 Å². The lowest BCUT2D eigenvalue weighted by Gasteiger charge is -2.16. The minimum atomic E-state index is -0.907. The number of nitrogens with one attached hydrogen (secondary N) is 2. The van der Waals surface area contributed by atoms with Crippen molar-refractivity contribution in [1.82, 2.24) is 10.3 Å². The van der Waals surface area contributed by atoms with Crippen LogP contribution < -0.4 is 11.1 Å². The zero-order valence-electron chi connectivity index (χ0n) is 13.7. The summed E-state index contributed by atoms with van der Waals surface area (Å²) in [6.45, 7) is 1.82. The molecule has 0 radical (unpaired) electrons. The van der Waals surface area contributed by atoms with Crippen LogP contribution in [0.25, 0.3) is 10.9 Å². The number of carbonyl (C=O) groups is 2. The number of fused-ring (bicyclic) bond motifs is 1. The second-order valence-electron chi connectivity index (χ2n) is 5.91. The number of primary amides is 1. The number of hydrogen-bond acceptors (Lipinski definition) is 2. The van der Waals surface area contributed by atoms with Gasteiger partial charge >= 0.3 is 0 Å². The summed E-state index contributed by atoms with van der Waals surface area (Å²) in [5.74, 6) is -1.37. The highest BCUT2D eigenvalue weighted by Crippen LogP contribution is 2.24. The Morgan fingerprint density at radius 3 is 2.60 bits per heavy atom. The summed E-state index contributed by atoms with van der Waals surface area (Å²) in [7, 11) is 0. The van der Waals surface area contributed by atoms with Crippen molar-refractivity contribution in [3.05, 3.63) is 71.2 Å². The molecule has 5 nitrogen and oxygen atoms in total. The molecule has 6 heteroatoms. The number of benzene rings is 2. The zero-order chi connectivity index (χ0) is 18.0. The Hall–Kier alpha value is -3.15. The molecular formula is C19H18FN3O2. The van der Waals surface area contributed by atoms with Gasteiger partial charge in [-0.2, -0.15) is 0 Å². The third kappa shape index (κ3) is 3.52. The van der Waals surface area contributed by atoms with Gasteiger partial charge in [-0.05, 0) is 36.2 Å². The van der Waals surface area contributed by atoms with E-state index in [1.165, 1.54) is 12.1 Å². The maximum atomic E-state index is 13.5. The van der Waals surface area contributed by atoms with Crippen molar-refractivity contribution in [3.8, 4) is 0 Å². The van der Waals surface area contributed by atoms with Crippen LogP contribution in [0.1, 0.15) is 22.9 Å². The molecule has 25 heavy (non-hydrogen) atoms. The van der Waals surface area contributed by atoms with Gasteiger partial charge in [0.2, 0.25) is 11.8 Å². The number of nitrogens with two attached hydrogens (primary N) is 1. The lowest BCUT2D eigenvalue weighted by atomic mass is 10.0. The Morgan fingerprint density at radius 1 is 1.20 bits per heavy atom. The molecule has 0 aliphatic carbocycles. The first-order valence-corrected chi connectivity index (χ1v) is 7.86. The van der Waals surface area contributed by atoms with Crippen LogP contribution in [0.2, 0.25) is 0 Å². The van der Waals surface area contributed by atoms with E-state index in [-0.39, 0.29) is 18.1 Å². The second-order valence-corrected chi connectivity index (χ2v) is 5.91. The first-order chi connectivity index (χ1) is 12.0. The molecule has 0 aliphatic rings. The zero-order valence-corrected chi connectivity index (χ0v) is 13.7. The first-order valence-electron chi connectivity index (χ1n) is 7.86. The molecule has 2 aromatic carbocycles. The molecule has 1 atom stereocenters. The third-order valence-electron chi connectivity index (χ3n) is 4.14. The number of aromatic nitrogens is 1. The lowest BCUT2D eigenvalue weighted by Crippen LogP contribution is -2.38. The number of aryl methyl sites for hydroxylation is 1. The van der Waals surface area contributed by atoms with E-state index in [0.29, 0.717) is 16.5 Å². The van der Waals surface area contributed by atoms with E-state index in [2.05, 4.69) is 10.3 Å². The molecule has 0 aliphatic heterocycles. The Kier molecular flexibility index (Phi) is 4.52. The number of hydrogen-bond donors (Lipinski definition) is 3. The summed E-state index contributed by atoms with van der Waals surface area (Å²) in [5, 5.41) is 3.31. The fourth-order valence-corrected chi connectivity index (χ4v) is 2.92. The Labute approximate surface area is 144 Å². The number of amides is 2. The van der Waals surface area contributed by atoms with Crippen LogP contribution in [0.4, 0.5) is 4.39 Å². The van der Waals surface area contributed by atoms with E-state index in [9.17, 15) is 14.0 Å². The maximum Gasteiger partial charge on any atom is 0.244 e. The van der Waals surface area contributed by atoms with Gasteiger partial charge in [-0.25, -0.2) is 4.39 Å². The van der Waals surface area contributed by atoms with Crippen LogP contribution in [0, 0.1) is 12.7 Å². The van der Waals surface area contributed by atoms with Crippen LogP contribution in [-0.4, -0.2) is 16.8 Å². The predicted molar refractivity (Wildman–Crippen MR) is 93.2 cm³/mol. The van der Waals surface area contributed by atoms with Crippen molar-refractivity contribution in [1.29, 1.82) is 0 Å². The highest BCUT2D eigenvalue weighted by Gasteiger charge is 2.21. The normalized spacial score (nSPS) is 12.1. The molecule has 128 valence electrons. The van der Waals surface area contributed by atoms with Crippen molar-refractivity contribution >= 4 is 22.7 Å². The largest absolute Gasteiger partial charge is 0.368 e. The lowest BCUT2D eigenvalue weighted by molar-refractivity contribution is -0.127. The summed E-state index contributed by atoms with van der Waals surface area (Å²) >= 11 is 0.